The molecule has 0 unspecified atom stereocenters. The number of sulfonamides is 2. The lowest BCUT2D eigenvalue weighted by Gasteiger charge is -2.30. The first-order valence-corrected chi connectivity index (χ1v) is 14.8. The topological polar surface area (TPSA) is 113 Å². The van der Waals surface area contributed by atoms with Crippen LogP contribution in [0.3, 0.4) is 0 Å². The number of aryl methyl sites for hydroxylation is 1. The first-order chi connectivity index (χ1) is 17.5. The number of benzene rings is 3. The van der Waals surface area contributed by atoms with Crippen LogP contribution in [0.25, 0.3) is 0 Å². The van der Waals surface area contributed by atoms with E-state index in [0.717, 1.165) is 23.3 Å². The highest BCUT2D eigenvalue weighted by Gasteiger charge is 2.31. The number of carbonyl (C=O) groups excluding carboxylic acids is 1. The highest BCUT2D eigenvalue weighted by Crippen LogP contribution is 2.25. The number of nitrogens with zero attached hydrogens (tertiary/aromatic N) is 1. The molecular formula is C26H28FN3O5S2. The van der Waals surface area contributed by atoms with Crippen LogP contribution >= 0.6 is 0 Å². The summed E-state index contributed by atoms with van der Waals surface area (Å²) >= 11 is 0. The molecule has 0 spiro atoms. The molecule has 0 bridgehead atoms. The molecule has 11 heteroatoms. The average Bonchev–Trinajstić information content (AvgIpc) is 2.87. The molecular weight excluding hydrogens is 517 g/mol. The van der Waals surface area contributed by atoms with Gasteiger partial charge in [-0.3, -0.25) is 9.52 Å². The van der Waals surface area contributed by atoms with Gasteiger partial charge in [0, 0.05) is 30.4 Å². The van der Waals surface area contributed by atoms with Crippen molar-refractivity contribution in [3.8, 4) is 0 Å². The van der Waals surface area contributed by atoms with Gasteiger partial charge < -0.3 is 5.32 Å². The van der Waals surface area contributed by atoms with Crippen LogP contribution < -0.4 is 10.0 Å². The predicted octanol–water partition coefficient (Wildman–Crippen LogP) is 4.12. The van der Waals surface area contributed by atoms with Crippen molar-refractivity contribution in [2.75, 3.05) is 23.1 Å². The molecule has 1 amide bonds. The zero-order chi connectivity index (χ0) is 26.6. The lowest BCUT2D eigenvalue weighted by Crippen LogP contribution is -2.41. The SMILES string of the molecule is Cc1ccccc1CS(=O)(=O)N1CCC(C(=O)Nc2ccc(S(=O)(=O)Nc3ccc(F)cc3)cc2)CC1. The monoisotopic (exact) mass is 545 g/mol. The van der Waals surface area contributed by atoms with E-state index in [-0.39, 0.29) is 41.3 Å². The Kier molecular flexibility index (Phi) is 7.96. The van der Waals surface area contributed by atoms with Crippen molar-refractivity contribution in [3.05, 3.63) is 89.7 Å². The van der Waals surface area contributed by atoms with Crippen molar-refractivity contribution in [1.29, 1.82) is 0 Å². The molecule has 0 saturated carbocycles. The molecule has 4 rings (SSSR count). The summed E-state index contributed by atoms with van der Waals surface area (Å²) in [6, 6.07) is 18.0. The van der Waals surface area contributed by atoms with Crippen molar-refractivity contribution < 1.29 is 26.0 Å². The molecule has 1 aliphatic rings. The fraction of sp³-hybridized carbons (Fsp3) is 0.269. The molecule has 1 fully saturated rings. The van der Waals surface area contributed by atoms with Crippen LogP contribution in [-0.2, 0) is 30.6 Å². The number of halogens is 1. The Morgan fingerprint density at radius 1 is 0.892 bits per heavy atom. The normalized spacial score (nSPS) is 15.3. The molecule has 3 aromatic carbocycles. The van der Waals surface area contributed by atoms with Crippen LogP contribution in [0.15, 0.2) is 77.7 Å². The molecule has 0 radical (unpaired) electrons. The van der Waals surface area contributed by atoms with E-state index in [1.54, 1.807) is 0 Å². The summed E-state index contributed by atoms with van der Waals surface area (Å²) in [5.74, 6) is -1.14. The molecule has 2 N–H and O–H groups in total. The third-order valence-electron chi connectivity index (χ3n) is 6.35. The molecule has 1 heterocycles. The van der Waals surface area contributed by atoms with E-state index in [1.165, 1.54) is 40.7 Å². The van der Waals surface area contributed by atoms with Crippen molar-refractivity contribution in [2.24, 2.45) is 5.92 Å². The van der Waals surface area contributed by atoms with E-state index >= 15 is 0 Å². The van der Waals surface area contributed by atoms with E-state index in [0.29, 0.717) is 18.5 Å². The Hall–Kier alpha value is -3.28. The van der Waals surface area contributed by atoms with Gasteiger partial charge in [-0.2, -0.15) is 0 Å². The van der Waals surface area contributed by atoms with Gasteiger partial charge in [-0.1, -0.05) is 24.3 Å². The quantitative estimate of drug-likeness (QED) is 0.442. The van der Waals surface area contributed by atoms with Crippen molar-refractivity contribution >= 4 is 37.3 Å². The fourth-order valence-electron chi connectivity index (χ4n) is 4.15. The zero-order valence-corrected chi connectivity index (χ0v) is 21.9. The molecule has 196 valence electrons. The number of amides is 1. The number of nitrogens with one attached hydrogen (secondary N) is 2. The van der Waals surface area contributed by atoms with Crippen LogP contribution in [0, 0.1) is 18.7 Å². The van der Waals surface area contributed by atoms with E-state index in [9.17, 15) is 26.0 Å². The maximum absolute atomic E-state index is 13.0. The van der Waals surface area contributed by atoms with Crippen LogP contribution in [0.4, 0.5) is 15.8 Å². The maximum Gasteiger partial charge on any atom is 0.261 e. The van der Waals surface area contributed by atoms with Crippen LogP contribution in [0.2, 0.25) is 0 Å². The molecule has 37 heavy (non-hydrogen) atoms. The standard InChI is InChI=1S/C26H28FN3O5S2/c1-19-4-2-3-5-21(19)18-36(32,33)30-16-14-20(15-17-30)26(31)28-23-10-12-25(13-11-23)37(34,35)29-24-8-6-22(27)7-9-24/h2-13,20,29H,14-18H2,1H3,(H,28,31). The Morgan fingerprint density at radius 3 is 2.11 bits per heavy atom. The number of carbonyl (C=O) groups is 1. The Labute approximate surface area is 216 Å². The molecule has 1 saturated heterocycles. The van der Waals surface area contributed by atoms with Crippen molar-refractivity contribution in [2.45, 2.75) is 30.4 Å². The van der Waals surface area contributed by atoms with Crippen molar-refractivity contribution in [1.82, 2.24) is 4.31 Å². The summed E-state index contributed by atoms with van der Waals surface area (Å²) in [6.45, 7) is 2.41. The van der Waals surface area contributed by atoms with Gasteiger partial charge in [-0.25, -0.2) is 25.5 Å². The Morgan fingerprint density at radius 2 is 1.49 bits per heavy atom. The fourth-order valence-corrected chi connectivity index (χ4v) is 6.88. The highest BCUT2D eigenvalue weighted by atomic mass is 32.2. The highest BCUT2D eigenvalue weighted by molar-refractivity contribution is 7.92. The summed E-state index contributed by atoms with van der Waals surface area (Å²) in [4.78, 5) is 12.8. The van der Waals surface area contributed by atoms with Gasteiger partial charge in [-0.05, 0) is 79.4 Å². The minimum atomic E-state index is -3.89. The molecule has 0 aliphatic carbocycles. The third-order valence-corrected chi connectivity index (χ3v) is 9.57. The van der Waals surface area contributed by atoms with E-state index < -0.39 is 25.9 Å². The third kappa shape index (κ3) is 6.73. The second kappa shape index (κ2) is 11.0. The summed E-state index contributed by atoms with van der Waals surface area (Å²) in [5, 5.41) is 2.78. The molecule has 3 aromatic rings. The van der Waals surface area contributed by atoms with Gasteiger partial charge >= 0.3 is 0 Å². The molecule has 8 nitrogen and oxygen atoms in total. The van der Waals surface area contributed by atoms with E-state index in [2.05, 4.69) is 10.0 Å². The largest absolute Gasteiger partial charge is 0.326 e. The summed E-state index contributed by atoms with van der Waals surface area (Å²) in [7, 11) is -7.38. The van der Waals surface area contributed by atoms with Crippen molar-refractivity contribution in [3.63, 3.8) is 0 Å². The summed E-state index contributed by atoms with van der Waals surface area (Å²) < 4.78 is 67.7. The number of hydrogen-bond acceptors (Lipinski definition) is 5. The molecule has 1 aliphatic heterocycles. The van der Waals surface area contributed by atoms with Crippen LogP contribution in [0.5, 0.6) is 0 Å². The average molecular weight is 546 g/mol. The van der Waals surface area contributed by atoms with Crippen LogP contribution in [-0.4, -0.2) is 40.1 Å². The smallest absolute Gasteiger partial charge is 0.261 e. The second-order valence-electron chi connectivity index (χ2n) is 8.98. The summed E-state index contributed by atoms with van der Waals surface area (Å²) in [5.41, 5.74) is 2.34. The number of rotatable bonds is 8. The Balaban J connectivity index is 1.31. The van der Waals surface area contributed by atoms with Gasteiger partial charge in [0.25, 0.3) is 10.0 Å². The summed E-state index contributed by atoms with van der Waals surface area (Å²) in [6.07, 6.45) is 0.791. The maximum atomic E-state index is 13.0. The van der Waals surface area contributed by atoms with Crippen LogP contribution in [0.1, 0.15) is 24.0 Å². The van der Waals surface area contributed by atoms with Gasteiger partial charge in [-0.15, -0.1) is 0 Å². The minimum Gasteiger partial charge on any atom is -0.326 e. The number of piperidine rings is 1. The second-order valence-corrected chi connectivity index (χ2v) is 12.6. The number of hydrogen-bond donors (Lipinski definition) is 2. The number of anilines is 2. The molecule has 0 atom stereocenters. The van der Waals surface area contributed by atoms with Gasteiger partial charge in [0.2, 0.25) is 15.9 Å². The molecule has 0 aromatic heterocycles. The first kappa shape index (κ1) is 26.8. The van der Waals surface area contributed by atoms with Gasteiger partial charge in [0.15, 0.2) is 0 Å². The Bertz CT molecular complexity index is 1470. The zero-order valence-electron chi connectivity index (χ0n) is 20.2. The minimum absolute atomic E-state index is 0.0120. The van der Waals surface area contributed by atoms with E-state index in [4.69, 9.17) is 0 Å². The van der Waals surface area contributed by atoms with E-state index in [1.807, 2.05) is 31.2 Å². The predicted molar refractivity (Wildman–Crippen MR) is 140 cm³/mol. The lowest BCUT2D eigenvalue weighted by atomic mass is 9.97. The van der Waals surface area contributed by atoms with Gasteiger partial charge in [0.1, 0.15) is 5.82 Å². The lowest BCUT2D eigenvalue weighted by molar-refractivity contribution is -0.120. The van der Waals surface area contributed by atoms with Gasteiger partial charge in [0.05, 0.1) is 10.6 Å². The first-order valence-electron chi connectivity index (χ1n) is 11.8.